The number of fused-ring (bicyclic) bond motifs is 1. The van der Waals surface area contributed by atoms with Crippen LogP contribution in [0.25, 0.3) is 0 Å². The number of aromatic nitrogens is 4. The average Bonchev–Trinajstić information content (AvgIpc) is 3.25. The quantitative estimate of drug-likeness (QED) is 0.0703. The Kier molecular flexibility index (Phi) is 13.6. The largest absolute Gasteiger partial charge is 1.00 e. The van der Waals surface area contributed by atoms with Gasteiger partial charge in [-0.3, -0.25) is 19.3 Å². The molecule has 0 bridgehead atoms. The molecular formula is C20H23N6Na3O9S. The predicted octanol–water partition coefficient (Wildman–Crippen LogP) is -9.78. The molecule has 0 aliphatic carbocycles. The molecule has 19 heteroatoms. The van der Waals surface area contributed by atoms with Crippen molar-refractivity contribution in [1.29, 1.82) is 0 Å². The molecule has 0 saturated carbocycles. The Labute approximate surface area is 296 Å². The van der Waals surface area contributed by atoms with Gasteiger partial charge >= 0.3 is 101 Å². The number of tetrazole rings is 1. The van der Waals surface area contributed by atoms with E-state index in [0.29, 0.717) is 5.16 Å². The SMILES string of the molecule is CO[C@@]1(NC(=O)C(C(=O)O)c2ccc(O)cc2)C(=O)N2C(C(=O)O)=C(CSc3nnnn3C)CO[C@@H]21.[H-].[H-].[H-].[Na+].[Na+].[Na+]. The summed E-state index contributed by atoms with van der Waals surface area (Å²) in [4.78, 5) is 51.0. The van der Waals surface area contributed by atoms with Crippen LogP contribution in [-0.2, 0) is 35.7 Å². The second-order valence-electron chi connectivity index (χ2n) is 7.76. The van der Waals surface area contributed by atoms with Gasteiger partial charge in [0.15, 0.2) is 12.1 Å². The van der Waals surface area contributed by atoms with Crippen molar-refractivity contribution in [2.45, 2.75) is 23.0 Å². The zero-order valence-corrected chi connectivity index (χ0v) is 28.6. The molecule has 0 spiro atoms. The van der Waals surface area contributed by atoms with Crippen molar-refractivity contribution in [3.8, 4) is 5.75 Å². The van der Waals surface area contributed by atoms with Crippen LogP contribution in [0.2, 0.25) is 0 Å². The van der Waals surface area contributed by atoms with Crippen LogP contribution in [0, 0.1) is 0 Å². The molecule has 2 aromatic rings. The van der Waals surface area contributed by atoms with Gasteiger partial charge in [0.25, 0.3) is 11.6 Å². The number of carboxylic acid groups (broad SMARTS) is 2. The topological polar surface area (TPSA) is 206 Å². The number of amides is 2. The summed E-state index contributed by atoms with van der Waals surface area (Å²) in [6, 6.07) is 4.93. The molecule has 3 heterocycles. The molecule has 196 valence electrons. The summed E-state index contributed by atoms with van der Waals surface area (Å²) in [6.45, 7) is -0.213. The van der Waals surface area contributed by atoms with Gasteiger partial charge in [-0.1, -0.05) is 23.9 Å². The summed E-state index contributed by atoms with van der Waals surface area (Å²) in [5.41, 5.74) is -2.17. The van der Waals surface area contributed by atoms with E-state index in [4.69, 9.17) is 9.47 Å². The van der Waals surface area contributed by atoms with Crippen LogP contribution >= 0.6 is 11.8 Å². The number of methoxy groups -OCH3 is 1. The third-order valence-electron chi connectivity index (χ3n) is 5.64. The van der Waals surface area contributed by atoms with Gasteiger partial charge in [-0.25, -0.2) is 9.48 Å². The number of carbonyl (C=O) groups excluding carboxylic acids is 2. The first-order valence-electron chi connectivity index (χ1n) is 10.2. The molecule has 2 amide bonds. The maximum Gasteiger partial charge on any atom is 1.00 e. The fraction of sp³-hybridized carbons (Fsp3) is 0.350. The Bertz CT molecular complexity index is 1290. The van der Waals surface area contributed by atoms with E-state index in [1.807, 2.05) is 0 Å². The molecule has 1 aromatic carbocycles. The fourth-order valence-corrected chi connectivity index (χ4v) is 4.72. The van der Waals surface area contributed by atoms with Gasteiger partial charge in [0.1, 0.15) is 11.4 Å². The monoisotopic (exact) mass is 592 g/mol. The normalized spacial score (nSPS) is 20.3. The Balaban J connectivity index is -0.00000253. The van der Waals surface area contributed by atoms with Gasteiger partial charge < -0.3 is 34.4 Å². The molecular weight excluding hydrogens is 569 g/mol. The number of nitrogens with zero attached hydrogens (tertiary/aromatic N) is 5. The van der Waals surface area contributed by atoms with Crippen LogP contribution in [-0.4, -0.2) is 95.6 Å². The first-order chi connectivity index (χ1) is 17.1. The van der Waals surface area contributed by atoms with Crippen LogP contribution in [0.4, 0.5) is 0 Å². The Morgan fingerprint density at radius 3 is 2.41 bits per heavy atom. The van der Waals surface area contributed by atoms with Gasteiger partial charge in [-0.05, 0) is 33.7 Å². The van der Waals surface area contributed by atoms with Crippen LogP contribution in [0.5, 0.6) is 5.75 Å². The number of ether oxygens (including phenoxy) is 2. The standard InChI is InChI=1S/C20H20N6O9S.3Na.3H/c1-25-19(22-23-24-25)36-8-10-7-35-18-20(34-2,17(33)26(18)13(10)16(31)32)21-14(28)12(15(29)30)9-3-5-11(27)6-4-9;;;;;;/h3-6,12,18,27H,7-8H2,1-2H3,(H,21,28)(H,29,30)(H,31,32);;;;;;/q;3*+1;3*-1/t12?,18-,20+;;;;;;/m1....../s1. The van der Waals surface area contributed by atoms with Gasteiger partial charge in [-0.2, -0.15) is 0 Å². The number of carboxylic acids is 2. The molecule has 0 radical (unpaired) electrons. The number of nitrogens with one attached hydrogen (secondary N) is 1. The van der Waals surface area contributed by atoms with E-state index >= 15 is 0 Å². The maximum absolute atomic E-state index is 13.2. The summed E-state index contributed by atoms with van der Waals surface area (Å²) < 4.78 is 12.4. The van der Waals surface area contributed by atoms with Crippen molar-refractivity contribution in [2.24, 2.45) is 7.05 Å². The number of carbonyl (C=O) groups is 4. The summed E-state index contributed by atoms with van der Waals surface area (Å²) in [5.74, 6) is -6.73. The first-order valence-corrected chi connectivity index (χ1v) is 11.2. The molecule has 4 N–H and O–H groups in total. The number of phenols is 1. The summed E-state index contributed by atoms with van der Waals surface area (Å²) >= 11 is 1.14. The Morgan fingerprint density at radius 1 is 1.26 bits per heavy atom. The summed E-state index contributed by atoms with van der Waals surface area (Å²) in [6.07, 6.45) is -1.36. The van der Waals surface area contributed by atoms with Gasteiger partial charge in [0.05, 0.1) is 6.61 Å². The van der Waals surface area contributed by atoms with Gasteiger partial charge in [-0.15, -0.1) is 5.10 Å². The molecule has 4 rings (SSSR count). The number of aromatic hydroxyl groups is 1. The second kappa shape index (κ2) is 14.7. The van der Waals surface area contributed by atoms with Crippen LogP contribution < -0.4 is 94.0 Å². The van der Waals surface area contributed by atoms with Gasteiger partial charge in [0, 0.05) is 19.9 Å². The van der Waals surface area contributed by atoms with Crippen molar-refractivity contribution in [3.05, 3.63) is 41.1 Å². The first kappa shape index (κ1) is 36.0. The van der Waals surface area contributed by atoms with E-state index in [2.05, 4.69) is 20.8 Å². The minimum absolute atomic E-state index is 0. The average molecular weight is 592 g/mol. The van der Waals surface area contributed by atoms with E-state index in [9.17, 15) is 34.5 Å². The van der Waals surface area contributed by atoms with E-state index in [1.165, 1.54) is 28.9 Å². The molecule has 15 nitrogen and oxygen atoms in total. The molecule has 3 atom stereocenters. The van der Waals surface area contributed by atoms with Gasteiger partial charge in [0.2, 0.25) is 11.1 Å². The number of rotatable bonds is 9. The molecule has 1 fully saturated rings. The third-order valence-corrected chi connectivity index (χ3v) is 6.73. The Hall–Kier alpha value is -1.02. The number of aliphatic carboxylic acids is 2. The number of thioether (sulfide) groups is 1. The number of aryl methyl sites for hydroxylation is 1. The van der Waals surface area contributed by atoms with Crippen molar-refractivity contribution in [2.75, 3.05) is 19.5 Å². The van der Waals surface area contributed by atoms with E-state index < -0.39 is 41.6 Å². The molecule has 1 aromatic heterocycles. The third kappa shape index (κ3) is 6.90. The van der Waals surface area contributed by atoms with Crippen molar-refractivity contribution in [1.82, 2.24) is 30.4 Å². The minimum Gasteiger partial charge on any atom is -1.00 e. The minimum atomic E-state index is -2.14. The van der Waals surface area contributed by atoms with Crippen LogP contribution in [0.3, 0.4) is 0 Å². The number of β-lactam (4-membered cyclic amide) rings is 1. The zero-order chi connectivity index (χ0) is 26.2. The van der Waals surface area contributed by atoms with Crippen molar-refractivity contribution in [3.63, 3.8) is 0 Å². The maximum atomic E-state index is 13.2. The second-order valence-corrected chi connectivity index (χ2v) is 8.70. The number of phenolic OH excluding ortho intramolecular Hbond substituents is 1. The number of benzene rings is 1. The van der Waals surface area contributed by atoms with Crippen molar-refractivity contribution < 1.29 is 137 Å². The molecule has 2 aliphatic rings. The molecule has 1 saturated heterocycles. The fourth-order valence-electron chi connectivity index (χ4n) is 3.88. The van der Waals surface area contributed by atoms with Crippen molar-refractivity contribution >= 4 is 35.5 Å². The van der Waals surface area contributed by atoms with Crippen LogP contribution in [0.1, 0.15) is 15.8 Å². The number of hydrogen-bond donors (Lipinski definition) is 4. The summed E-state index contributed by atoms with van der Waals surface area (Å²) in [7, 11) is 2.71. The molecule has 2 aliphatic heterocycles. The smallest absolute Gasteiger partial charge is 1.00 e. The van der Waals surface area contributed by atoms with E-state index in [1.54, 1.807) is 7.05 Å². The summed E-state index contributed by atoms with van der Waals surface area (Å²) in [5, 5.41) is 42.6. The Morgan fingerprint density at radius 2 is 1.90 bits per heavy atom. The molecule has 1 unspecified atom stereocenters. The molecule has 39 heavy (non-hydrogen) atoms. The predicted molar refractivity (Wildman–Crippen MR) is 120 cm³/mol. The zero-order valence-electron chi connectivity index (χ0n) is 24.8. The van der Waals surface area contributed by atoms with E-state index in [0.717, 1.165) is 23.8 Å². The van der Waals surface area contributed by atoms with Crippen LogP contribution in [0.15, 0.2) is 40.7 Å². The number of hydrogen-bond acceptors (Lipinski definition) is 11. The van der Waals surface area contributed by atoms with E-state index in [-0.39, 0.29) is 128 Å².